The summed E-state index contributed by atoms with van der Waals surface area (Å²) in [5.74, 6) is 0. The number of allylic oxidation sites excluding steroid dienone is 1. The predicted molar refractivity (Wildman–Crippen MR) is 84.8 cm³/mol. The van der Waals surface area contributed by atoms with Crippen LogP contribution >= 0.6 is 0 Å². The highest BCUT2D eigenvalue weighted by molar-refractivity contribution is 5.82. The first-order valence-electron chi connectivity index (χ1n) is 7.03. The predicted octanol–water partition coefficient (Wildman–Crippen LogP) is 3.26. The average molecular weight is 270 g/mol. The Morgan fingerprint density at radius 1 is 1.30 bits per heavy atom. The molecule has 1 N–H and O–H groups in total. The summed E-state index contributed by atoms with van der Waals surface area (Å²) in [7, 11) is 1.72. The second-order valence-corrected chi connectivity index (χ2v) is 4.83. The largest absolute Gasteiger partial charge is 0.383 e. The first kappa shape index (κ1) is 14.7. The van der Waals surface area contributed by atoms with Crippen LogP contribution < -0.4 is 5.32 Å². The van der Waals surface area contributed by atoms with E-state index in [1.165, 1.54) is 16.5 Å². The molecule has 0 aliphatic heterocycles. The van der Waals surface area contributed by atoms with E-state index in [1.54, 1.807) is 7.11 Å². The molecule has 2 aromatic rings. The average Bonchev–Trinajstić information content (AvgIpc) is 2.50. The molecule has 1 aromatic heterocycles. The minimum absolute atomic E-state index is 0.763. The number of methoxy groups -OCH3 is 1. The molecule has 2 rings (SSSR count). The standard InChI is InChI=1S/C17H22N2O/c1-14(5-3-9-18-11-12-20-2)16-8-7-15-6-4-10-19-17(15)13-16/h4-8,10,13,18H,3,9,11-12H2,1-2H3/b14-5-. The number of aromatic nitrogens is 1. The number of hydrogen-bond acceptors (Lipinski definition) is 3. The molecule has 0 spiro atoms. The van der Waals surface area contributed by atoms with E-state index in [9.17, 15) is 0 Å². The van der Waals surface area contributed by atoms with Gasteiger partial charge >= 0.3 is 0 Å². The topological polar surface area (TPSA) is 34.1 Å². The molecule has 1 heterocycles. The lowest BCUT2D eigenvalue weighted by Gasteiger charge is -2.05. The van der Waals surface area contributed by atoms with Gasteiger partial charge in [-0.25, -0.2) is 0 Å². The van der Waals surface area contributed by atoms with Gasteiger partial charge in [-0.1, -0.05) is 24.3 Å². The fourth-order valence-corrected chi connectivity index (χ4v) is 2.12. The second-order valence-electron chi connectivity index (χ2n) is 4.83. The van der Waals surface area contributed by atoms with E-state index in [4.69, 9.17) is 4.74 Å². The summed E-state index contributed by atoms with van der Waals surface area (Å²) in [6.07, 6.45) is 5.13. The normalized spacial score (nSPS) is 12.0. The third-order valence-electron chi connectivity index (χ3n) is 3.32. The molecule has 3 nitrogen and oxygen atoms in total. The Morgan fingerprint density at radius 2 is 2.20 bits per heavy atom. The van der Waals surface area contributed by atoms with Crippen molar-refractivity contribution in [2.24, 2.45) is 0 Å². The lowest BCUT2D eigenvalue weighted by molar-refractivity contribution is 0.199. The van der Waals surface area contributed by atoms with Crippen LogP contribution in [0.3, 0.4) is 0 Å². The van der Waals surface area contributed by atoms with Crippen LogP contribution in [0.1, 0.15) is 18.9 Å². The minimum Gasteiger partial charge on any atom is -0.383 e. The van der Waals surface area contributed by atoms with Gasteiger partial charge in [-0.3, -0.25) is 4.98 Å². The van der Waals surface area contributed by atoms with Gasteiger partial charge in [-0.05, 0) is 43.2 Å². The molecule has 0 aliphatic rings. The summed E-state index contributed by atoms with van der Waals surface area (Å²) in [4.78, 5) is 4.40. The summed E-state index contributed by atoms with van der Waals surface area (Å²) >= 11 is 0. The van der Waals surface area contributed by atoms with Crippen molar-refractivity contribution in [2.45, 2.75) is 13.3 Å². The van der Waals surface area contributed by atoms with E-state index in [-0.39, 0.29) is 0 Å². The van der Waals surface area contributed by atoms with Crippen LogP contribution in [0.2, 0.25) is 0 Å². The van der Waals surface area contributed by atoms with Gasteiger partial charge < -0.3 is 10.1 Å². The summed E-state index contributed by atoms with van der Waals surface area (Å²) in [6.45, 7) is 4.80. The van der Waals surface area contributed by atoms with E-state index in [1.807, 2.05) is 12.3 Å². The number of pyridine rings is 1. The number of rotatable bonds is 7. The number of benzene rings is 1. The summed E-state index contributed by atoms with van der Waals surface area (Å²) in [5.41, 5.74) is 3.59. The first-order chi connectivity index (χ1) is 9.81. The highest BCUT2D eigenvalue weighted by Gasteiger charge is 1.98. The Morgan fingerprint density at radius 3 is 3.05 bits per heavy atom. The van der Waals surface area contributed by atoms with Gasteiger partial charge in [-0.15, -0.1) is 0 Å². The van der Waals surface area contributed by atoms with Crippen LogP contribution in [-0.2, 0) is 4.74 Å². The number of fused-ring (bicyclic) bond motifs is 1. The Bertz CT molecular complexity index is 578. The molecule has 0 bridgehead atoms. The molecule has 0 unspecified atom stereocenters. The van der Waals surface area contributed by atoms with Crippen molar-refractivity contribution in [3.63, 3.8) is 0 Å². The van der Waals surface area contributed by atoms with Crippen molar-refractivity contribution in [3.05, 3.63) is 48.2 Å². The lowest BCUT2D eigenvalue weighted by Crippen LogP contribution is -2.19. The zero-order valence-electron chi connectivity index (χ0n) is 12.2. The molecule has 0 saturated carbocycles. The van der Waals surface area contributed by atoms with Gasteiger partial charge in [0.1, 0.15) is 0 Å². The smallest absolute Gasteiger partial charge is 0.0708 e. The van der Waals surface area contributed by atoms with Crippen molar-refractivity contribution in [1.82, 2.24) is 10.3 Å². The van der Waals surface area contributed by atoms with Crippen molar-refractivity contribution in [3.8, 4) is 0 Å². The fourth-order valence-electron chi connectivity index (χ4n) is 2.12. The highest BCUT2D eigenvalue weighted by atomic mass is 16.5. The monoisotopic (exact) mass is 270 g/mol. The molecular weight excluding hydrogens is 248 g/mol. The van der Waals surface area contributed by atoms with Crippen molar-refractivity contribution < 1.29 is 4.74 Å². The minimum atomic E-state index is 0.763. The molecule has 20 heavy (non-hydrogen) atoms. The zero-order valence-corrected chi connectivity index (χ0v) is 12.2. The van der Waals surface area contributed by atoms with Crippen LogP contribution in [-0.4, -0.2) is 31.8 Å². The molecule has 3 heteroatoms. The third-order valence-corrected chi connectivity index (χ3v) is 3.32. The van der Waals surface area contributed by atoms with Crippen LogP contribution in [0.4, 0.5) is 0 Å². The van der Waals surface area contributed by atoms with E-state index < -0.39 is 0 Å². The molecule has 0 amide bonds. The van der Waals surface area contributed by atoms with Crippen molar-refractivity contribution in [1.29, 1.82) is 0 Å². The van der Waals surface area contributed by atoms with Crippen molar-refractivity contribution >= 4 is 16.5 Å². The summed E-state index contributed by atoms with van der Waals surface area (Å²) < 4.78 is 4.99. The second kappa shape index (κ2) is 7.78. The van der Waals surface area contributed by atoms with Crippen LogP contribution in [0, 0.1) is 0 Å². The third kappa shape index (κ3) is 4.15. The van der Waals surface area contributed by atoms with Crippen LogP contribution in [0.15, 0.2) is 42.6 Å². The van der Waals surface area contributed by atoms with Gasteiger partial charge in [0.05, 0.1) is 12.1 Å². The zero-order chi connectivity index (χ0) is 14.2. The van der Waals surface area contributed by atoms with Gasteiger partial charge in [-0.2, -0.15) is 0 Å². The molecule has 0 atom stereocenters. The van der Waals surface area contributed by atoms with Gasteiger partial charge in [0.15, 0.2) is 0 Å². The van der Waals surface area contributed by atoms with Crippen LogP contribution in [0.25, 0.3) is 16.5 Å². The molecule has 0 fully saturated rings. The number of nitrogens with zero attached hydrogens (tertiary/aromatic N) is 1. The van der Waals surface area contributed by atoms with E-state index in [0.29, 0.717) is 0 Å². The molecule has 1 aromatic carbocycles. The lowest BCUT2D eigenvalue weighted by atomic mass is 10.0. The maximum atomic E-state index is 4.99. The summed E-state index contributed by atoms with van der Waals surface area (Å²) in [5, 5.41) is 4.53. The van der Waals surface area contributed by atoms with E-state index in [2.05, 4.69) is 47.6 Å². The first-order valence-corrected chi connectivity index (χ1v) is 7.03. The molecular formula is C17H22N2O. The number of hydrogen-bond donors (Lipinski definition) is 1. The Labute approximate surface area is 120 Å². The SMILES string of the molecule is COCCNCC/C=C(/C)c1ccc2cccnc2c1. The molecule has 106 valence electrons. The molecule has 0 aliphatic carbocycles. The van der Waals surface area contributed by atoms with E-state index >= 15 is 0 Å². The summed E-state index contributed by atoms with van der Waals surface area (Å²) in [6, 6.07) is 10.5. The number of ether oxygens (including phenoxy) is 1. The van der Waals surface area contributed by atoms with Gasteiger partial charge in [0, 0.05) is 25.2 Å². The van der Waals surface area contributed by atoms with E-state index in [0.717, 1.165) is 31.6 Å². The molecule has 0 radical (unpaired) electrons. The van der Waals surface area contributed by atoms with Crippen molar-refractivity contribution in [2.75, 3.05) is 26.8 Å². The quantitative estimate of drug-likeness (QED) is 0.784. The maximum Gasteiger partial charge on any atom is 0.0708 e. The Balaban J connectivity index is 1.94. The Kier molecular flexibility index (Phi) is 5.71. The van der Waals surface area contributed by atoms with Gasteiger partial charge in [0.25, 0.3) is 0 Å². The highest BCUT2D eigenvalue weighted by Crippen LogP contribution is 2.19. The molecule has 0 saturated heterocycles. The van der Waals surface area contributed by atoms with Gasteiger partial charge in [0.2, 0.25) is 0 Å². The van der Waals surface area contributed by atoms with Crippen LogP contribution in [0.5, 0.6) is 0 Å². The number of nitrogens with one attached hydrogen (secondary N) is 1. The fraction of sp³-hybridized carbons (Fsp3) is 0.353. The Hall–Kier alpha value is -1.71. The maximum absolute atomic E-state index is 4.99.